The molecule has 0 aliphatic carbocycles. The molecule has 0 radical (unpaired) electrons. The van der Waals surface area contributed by atoms with E-state index >= 15 is 0 Å². The summed E-state index contributed by atoms with van der Waals surface area (Å²) < 4.78 is 0. The third-order valence-corrected chi connectivity index (χ3v) is 2.10. The second-order valence-corrected chi connectivity index (χ2v) is 3.08. The molecule has 1 aliphatic rings. The predicted molar refractivity (Wildman–Crippen MR) is 57.0 cm³/mol. The van der Waals surface area contributed by atoms with E-state index in [0.717, 1.165) is 12.0 Å². The lowest BCUT2D eigenvalue weighted by atomic mass is 9.97. The molecule has 1 rings (SSSR count). The first-order chi connectivity index (χ1) is 6.29. The van der Waals surface area contributed by atoms with Crippen molar-refractivity contribution in [3.63, 3.8) is 0 Å². The van der Waals surface area contributed by atoms with Gasteiger partial charge in [0.25, 0.3) is 0 Å². The summed E-state index contributed by atoms with van der Waals surface area (Å²) in [5.74, 6) is 0. The monoisotopic (exact) mass is 176 g/mol. The highest BCUT2D eigenvalue weighted by Crippen LogP contribution is 2.16. The standard InChI is InChI=1S/C11H16N2/c1-3-5-10(8-12)11-6-4-7-13-9(11)2/h4-9,12-13H,3H2,1-2H3/b10-5+,12-8?. The van der Waals surface area contributed by atoms with Gasteiger partial charge in [-0.3, -0.25) is 0 Å². The molecule has 0 aromatic heterocycles. The quantitative estimate of drug-likeness (QED) is 0.636. The topological polar surface area (TPSA) is 35.9 Å². The van der Waals surface area contributed by atoms with Crippen LogP contribution in [0.25, 0.3) is 0 Å². The Morgan fingerprint density at radius 3 is 3.00 bits per heavy atom. The largest absolute Gasteiger partial charge is 0.384 e. The van der Waals surface area contributed by atoms with Crippen molar-refractivity contribution in [3.8, 4) is 0 Å². The van der Waals surface area contributed by atoms with Crippen LogP contribution in [0.3, 0.4) is 0 Å². The van der Waals surface area contributed by atoms with E-state index in [-0.39, 0.29) is 0 Å². The van der Waals surface area contributed by atoms with Gasteiger partial charge in [-0.2, -0.15) is 0 Å². The number of allylic oxidation sites excluding steroid dienone is 3. The van der Waals surface area contributed by atoms with Crippen LogP contribution in [0.15, 0.2) is 35.6 Å². The van der Waals surface area contributed by atoms with E-state index in [9.17, 15) is 0 Å². The average molecular weight is 176 g/mol. The van der Waals surface area contributed by atoms with Crippen molar-refractivity contribution in [2.24, 2.45) is 0 Å². The minimum absolute atomic E-state index is 0.310. The number of hydrogen-bond donors (Lipinski definition) is 2. The van der Waals surface area contributed by atoms with Crippen LogP contribution in [-0.4, -0.2) is 12.3 Å². The maximum Gasteiger partial charge on any atom is 0.0486 e. The third kappa shape index (κ3) is 2.31. The summed E-state index contributed by atoms with van der Waals surface area (Å²) in [6.07, 6.45) is 10.4. The minimum atomic E-state index is 0.310. The summed E-state index contributed by atoms with van der Waals surface area (Å²) in [5, 5.41) is 10.5. The maximum atomic E-state index is 7.30. The molecule has 0 saturated carbocycles. The van der Waals surface area contributed by atoms with E-state index in [4.69, 9.17) is 5.41 Å². The van der Waals surface area contributed by atoms with Crippen LogP contribution in [0.4, 0.5) is 0 Å². The van der Waals surface area contributed by atoms with E-state index in [1.165, 1.54) is 11.8 Å². The number of rotatable bonds is 3. The molecule has 2 nitrogen and oxygen atoms in total. The Balaban J connectivity index is 2.90. The van der Waals surface area contributed by atoms with Crippen LogP contribution in [0.5, 0.6) is 0 Å². The van der Waals surface area contributed by atoms with Crippen molar-refractivity contribution < 1.29 is 0 Å². The lowest BCUT2D eigenvalue weighted by Gasteiger charge is -2.19. The van der Waals surface area contributed by atoms with Crippen molar-refractivity contribution in [1.82, 2.24) is 5.32 Å². The molecule has 0 bridgehead atoms. The fourth-order valence-corrected chi connectivity index (χ4v) is 1.41. The van der Waals surface area contributed by atoms with Gasteiger partial charge in [0, 0.05) is 12.3 Å². The summed E-state index contributed by atoms with van der Waals surface area (Å²) in [7, 11) is 0. The normalized spacial score (nSPS) is 22.2. The van der Waals surface area contributed by atoms with Crippen LogP contribution < -0.4 is 5.32 Å². The van der Waals surface area contributed by atoms with Gasteiger partial charge in [0.05, 0.1) is 0 Å². The Bertz CT molecular complexity index is 272. The van der Waals surface area contributed by atoms with Crippen molar-refractivity contribution in [1.29, 1.82) is 5.41 Å². The summed E-state index contributed by atoms with van der Waals surface area (Å²) in [6.45, 7) is 4.18. The van der Waals surface area contributed by atoms with Gasteiger partial charge >= 0.3 is 0 Å². The molecule has 0 saturated heterocycles. The van der Waals surface area contributed by atoms with Gasteiger partial charge in [-0.05, 0) is 36.8 Å². The Labute approximate surface area is 79.5 Å². The van der Waals surface area contributed by atoms with Crippen molar-refractivity contribution in [3.05, 3.63) is 35.6 Å². The highest BCUT2D eigenvalue weighted by Gasteiger charge is 2.11. The van der Waals surface area contributed by atoms with Crippen molar-refractivity contribution in [2.75, 3.05) is 0 Å². The lowest BCUT2D eigenvalue weighted by molar-refractivity contribution is 0.729. The van der Waals surface area contributed by atoms with Crippen molar-refractivity contribution >= 4 is 6.21 Å². The Morgan fingerprint density at radius 1 is 1.69 bits per heavy atom. The zero-order valence-electron chi connectivity index (χ0n) is 8.17. The summed E-state index contributed by atoms with van der Waals surface area (Å²) in [6, 6.07) is 0.310. The molecule has 0 amide bonds. The van der Waals surface area contributed by atoms with Crippen LogP contribution in [0.1, 0.15) is 20.3 Å². The van der Waals surface area contributed by atoms with Crippen LogP contribution in [-0.2, 0) is 0 Å². The minimum Gasteiger partial charge on any atom is -0.384 e. The fraction of sp³-hybridized carbons (Fsp3) is 0.364. The molecule has 0 aromatic rings. The molecule has 1 aliphatic heterocycles. The molecule has 70 valence electrons. The third-order valence-electron chi connectivity index (χ3n) is 2.10. The van der Waals surface area contributed by atoms with Crippen LogP contribution >= 0.6 is 0 Å². The molecule has 0 spiro atoms. The maximum absolute atomic E-state index is 7.30. The summed E-state index contributed by atoms with van der Waals surface area (Å²) >= 11 is 0. The molecule has 1 atom stereocenters. The van der Waals surface area contributed by atoms with Gasteiger partial charge in [-0.15, -0.1) is 0 Å². The molecule has 0 aromatic carbocycles. The fourth-order valence-electron chi connectivity index (χ4n) is 1.41. The molecule has 1 unspecified atom stereocenters. The van der Waals surface area contributed by atoms with Gasteiger partial charge in [0.2, 0.25) is 0 Å². The van der Waals surface area contributed by atoms with E-state index in [1.807, 2.05) is 12.3 Å². The van der Waals surface area contributed by atoms with Gasteiger partial charge in [0.1, 0.15) is 0 Å². The van der Waals surface area contributed by atoms with E-state index in [2.05, 4.69) is 31.3 Å². The summed E-state index contributed by atoms with van der Waals surface area (Å²) in [4.78, 5) is 0. The molecule has 13 heavy (non-hydrogen) atoms. The number of nitrogens with one attached hydrogen (secondary N) is 2. The van der Waals surface area contributed by atoms with Crippen LogP contribution in [0, 0.1) is 5.41 Å². The smallest absolute Gasteiger partial charge is 0.0486 e. The lowest BCUT2D eigenvalue weighted by Crippen LogP contribution is -2.26. The molecule has 2 heteroatoms. The summed E-state index contributed by atoms with van der Waals surface area (Å²) in [5.41, 5.74) is 2.21. The number of hydrogen-bond acceptors (Lipinski definition) is 2. The van der Waals surface area contributed by atoms with Gasteiger partial charge < -0.3 is 10.7 Å². The Morgan fingerprint density at radius 2 is 2.46 bits per heavy atom. The van der Waals surface area contributed by atoms with E-state index < -0.39 is 0 Å². The SMILES string of the molecule is CC/C=C(\C=N)C1=CC=CNC1C. The zero-order valence-corrected chi connectivity index (χ0v) is 8.17. The number of dihydropyridines is 1. The first-order valence-corrected chi connectivity index (χ1v) is 4.63. The van der Waals surface area contributed by atoms with Crippen LogP contribution in [0.2, 0.25) is 0 Å². The second kappa shape index (κ2) is 4.65. The van der Waals surface area contributed by atoms with Gasteiger partial charge in [-0.25, -0.2) is 0 Å². The highest BCUT2D eigenvalue weighted by atomic mass is 14.9. The first-order valence-electron chi connectivity index (χ1n) is 4.63. The molecule has 2 N–H and O–H groups in total. The van der Waals surface area contributed by atoms with Gasteiger partial charge in [-0.1, -0.05) is 19.1 Å². The van der Waals surface area contributed by atoms with E-state index in [0.29, 0.717) is 6.04 Å². The zero-order chi connectivity index (χ0) is 9.68. The Kier molecular flexibility index (Phi) is 3.50. The van der Waals surface area contributed by atoms with E-state index in [1.54, 1.807) is 0 Å². The van der Waals surface area contributed by atoms with Crippen molar-refractivity contribution in [2.45, 2.75) is 26.3 Å². The predicted octanol–water partition coefficient (Wildman–Crippen LogP) is 2.40. The average Bonchev–Trinajstić information content (AvgIpc) is 2.16. The second-order valence-electron chi connectivity index (χ2n) is 3.08. The molecular formula is C11H16N2. The highest BCUT2D eigenvalue weighted by molar-refractivity contribution is 5.83. The molecular weight excluding hydrogens is 160 g/mol. The molecule has 1 heterocycles. The Hall–Kier alpha value is -1.31. The first kappa shape index (κ1) is 9.78. The van der Waals surface area contributed by atoms with Gasteiger partial charge in [0.15, 0.2) is 0 Å². The molecule has 0 fully saturated rings.